The summed E-state index contributed by atoms with van der Waals surface area (Å²) in [6.07, 6.45) is 3.44. The molecule has 0 atom stereocenters. The van der Waals surface area contributed by atoms with Gasteiger partial charge >= 0.3 is 0 Å². The Balaban J connectivity index is 3.34. The van der Waals surface area contributed by atoms with Gasteiger partial charge in [-0.3, -0.25) is 0 Å². The van der Waals surface area contributed by atoms with E-state index in [2.05, 4.69) is 33.0 Å². The molecule has 0 aromatic rings. The van der Waals surface area contributed by atoms with E-state index in [-0.39, 0.29) is 5.41 Å². The van der Waals surface area contributed by atoms with Gasteiger partial charge in [-0.25, -0.2) is 0 Å². The average molecular weight is 201 g/mol. The molecule has 0 aliphatic rings. The highest BCUT2D eigenvalue weighted by atomic mass is 16.3. The number of aliphatic hydroxyl groups is 1. The van der Waals surface area contributed by atoms with Crippen LogP contribution >= 0.6 is 0 Å². The van der Waals surface area contributed by atoms with Crippen molar-refractivity contribution in [2.45, 2.75) is 47.0 Å². The fraction of sp³-hybridized carbons (Fsp3) is 1.00. The summed E-state index contributed by atoms with van der Waals surface area (Å²) in [6, 6.07) is 0. The van der Waals surface area contributed by atoms with E-state index in [0.29, 0.717) is 6.61 Å². The van der Waals surface area contributed by atoms with Gasteiger partial charge in [-0.05, 0) is 37.1 Å². The van der Waals surface area contributed by atoms with Gasteiger partial charge in [-0.2, -0.15) is 0 Å². The summed E-state index contributed by atoms with van der Waals surface area (Å²) in [5.41, 5.74) is 0.229. The molecule has 0 heterocycles. The highest BCUT2D eigenvalue weighted by Crippen LogP contribution is 2.17. The first-order chi connectivity index (χ1) is 6.48. The molecule has 0 amide bonds. The fourth-order valence-corrected chi connectivity index (χ4v) is 1.45. The van der Waals surface area contributed by atoms with E-state index in [1.807, 2.05) is 0 Å². The van der Waals surface area contributed by atoms with E-state index in [1.165, 1.54) is 12.8 Å². The van der Waals surface area contributed by atoms with Crippen molar-refractivity contribution in [1.82, 2.24) is 5.32 Å². The molecule has 0 aromatic heterocycles. The molecule has 0 rings (SSSR count). The Bertz CT molecular complexity index is 132. The van der Waals surface area contributed by atoms with E-state index in [1.54, 1.807) is 0 Å². The zero-order valence-electron chi connectivity index (χ0n) is 10.3. The Morgan fingerprint density at radius 3 is 2.43 bits per heavy atom. The maximum absolute atomic E-state index is 8.85. The fourth-order valence-electron chi connectivity index (χ4n) is 1.45. The predicted molar refractivity (Wildman–Crippen MR) is 62.4 cm³/mol. The first-order valence-corrected chi connectivity index (χ1v) is 5.79. The van der Waals surface area contributed by atoms with Crippen LogP contribution in [0.2, 0.25) is 0 Å². The molecule has 0 radical (unpaired) electrons. The molecule has 0 aliphatic heterocycles. The molecule has 2 N–H and O–H groups in total. The van der Waals surface area contributed by atoms with Crippen LogP contribution in [0.1, 0.15) is 47.0 Å². The van der Waals surface area contributed by atoms with E-state index in [4.69, 9.17) is 5.11 Å². The van der Waals surface area contributed by atoms with Gasteiger partial charge < -0.3 is 10.4 Å². The molecule has 14 heavy (non-hydrogen) atoms. The smallest absolute Gasteiger partial charge is 0.0436 e. The molecule has 0 bridgehead atoms. The normalized spacial score (nSPS) is 12.4. The van der Waals surface area contributed by atoms with E-state index >= 15 is 0 Å². The maximum atomic E-state index is 8.85. The third-order valence-corrected chi connectivity index (χ3v) is 2.53. The summed E-state index contributed by atoms with van der Waals surface area (Å²) in [7, 11) is 0. The Labute approximate surface area is 89.1 Å². The maximum Gasteiger partial charge on any atom is 0.0436 e. The molecular weight excluding hydrogens is 174 g/mol. The van der Waals surface area contributed by atoms with Crippen LogP contribution in [0.25, 0.3) is 0 Å². The molecule has 2 heteroatoms. The van der Waals surface area contributed by atoms with Crippen LogP contribution < -0.4 is 5.32 Å². The monoisotopic (exact) mass is 201 g/mol. The van der Waals surface area contributed by atoms with Gasteiger partial charge in [0.25, 0.3) is 0 Å². The minimum absolute atomic E-state index is 0.229. The molecule has 0 saturated carbocycles. The summed E-state index contributed by atoms with van der Waals surface area (Å²) >= 11 is 0. The average Bonchev–Trinajstić information content (AvgIpc) is 2.02. The standard InChI is InChI=1S/C12H27NO/c1-11(2)6-5-8-13-10-12(3,4)7-9-14/h11,13-14H,5-10H2,1-4H3. The second kappa shape index (κ2) is 7.24. The Hall–Kier alpha value is -0.0800. The van der Waals surface area contributed by atoms with Crippen LogP contribution in [0.3, 0.4) is 0 Å². The summed E-state index contributed by atoms with van der Waals surface area (Å²) in [5, 5.41) is 12.3. The Morgan fingerprint density at radius 1 is 1.29 bits per heavy atom. The summed E-state index contributed by atoms with van der Waals surface area (Å²) < 4.78 is 0. The van der Waals surface area contributed by atoms with Crippen LogP contribution in [0.5, 0.6) is 0 Å². The number of hydrogen-bond acceptors (Lipinski definition) is 2. The van der Waals surface area contributed by atoms with Gasteiger partial charge in [-0.15, -0.1) is 0 Å². The highest BCUT2D eigenvalue weighted by Gasteiger charge is 2.15. The van der Waals surface area contributed by atoms with Gasteiger partial charge in [0.15, 0.2) is 0 Å². The largest absolute Gasteiger partial charge is 0.396 e. The van der Waals surface area contributed by atoms with E-state index in [9.17, 15) is 0 Å². The highest BCUT2D eigenvalue weighted by molar-refractivity contribution is 4.70. The van der Waals surface area contributed by atoms with Crippen molar-refractivity contribution in [3.05, 3.63) is 0 Å². The van der Waals surface area contributed by atoms with Crippen molar-refractivity contribution in [3.8, 4) is 0 Å². The molecule has 0 aliphatic carbocycles. The molecule has 0 unspecified atom stereocenters. The molecular formula is C12H27NO. The quantitative estimate of drug-likeness (QED) is 0.591. The van der Waals surface area contributed by atoms with Crippen LogP contribution in [0.4, 0.5) is 0 Å². The lowest BCUT2D eigenvalue weighted by Crippen LogP contribution is -2.30. The van der Waals surface area contributed by atoms with Crippen molar-refractivity contribution < 1.29 is 5.11 Å². The van der Waals surface area contributed by atoms with Gasteiger partial charge in [-0.1, -0.05) is 27.7 Å². The van der Waals surface area contributed by atoms with Crippen LogP contribution in [0, 0.1) is 11.3 Å². The molecule has 0 aromatic carbocycles. The lowest BCUT2D eigenvalue weighted by Gasteiger charge is -2.24. The number of rotatable bonds is 8. The first kappa shape index (κ1) is 13.9. The first-order valence-electron chi connectivity index (χ1n) is 5.79. The van der Waals surface area contributed by atoms with Crippen LogP contribution in [0.15, 0.2) is 0 Å². The molecule has 0 spiro atoms. The summed E-state index contributed by atoms with van der Waals surface area (Å²) in [6.45, 7) is 11.3. The minimum Gasteiger partial charge on any atom is -0.396 e. The van der Waals surface area contributed by atoms with Gasteiger partial charge in [0, 0.05) is 13.2 Å². The molecule has 0 saturated heterocycles. The Morgan fingerprint density at radius 2 is 1.93 bits per heavy atom. The molecule has 2 nitrogen and oxygen atoms in total. The minimum atomic E-state index is 0.229. The summed E-state index contributed by atoms with van der Waals surface area (Å²) in [4.78, 5) is 0. The summed E-state index contributed by atoms with van der Waals surface area (Å²) in [5.74, 6) is 0.808. The third-order valence-electron chi connectivity index (χ3n) is 2.53. The van der Waals surface area contributed by atoms with E-state index < -0.39 is 0 Å². The lowest BCUT2D eigenvalue weighted by molar-refractivity contribution is 0.207. The van der Waals surface area contributed by atoms with Crippen molar-refractivity contribution >= 4 is 0 Å². The molecule has 86 valence electrons. The lowest BCUT2D eigenvalue weighted by atomic mass is 9.90. The molecule has 0 fully saturated rings. The Kier molecular flexibility index (Phi) is 7.20. The van der Waals surface area contributed by atoms with Crippen LogP contribution in [-0.4, -0.2) is 24.8 Å². The van der Waals surface area contributed by atoms with Crippen molar-refractivity contribution in [3.63, 3.8) is 0 Å². The van der Waals surface area contributed by atoms with Crippen molar-refractivity contribution in [2.75, 3.05) is 19.7 Å². The predicted octanol–water partition coefficient (Wildman–Crippen LogP) is 2.42. The zero-order chi connectivity index (χ0) is 11.0. The second-order valence-corrected chi connectivity index (χ2v) is 5.35. The number of hydrogen-bond donors (Lipinski definition) is 2. The third kappa shape index (κ3) is 8.52. The van der Waals surface area contributed by atoms with Crippen LogP contribution in [-0.2, 0) is 0 Å². The van der Waals surface area contributed by atoms with Gasteiger partial charge in [0.2, 0.25) is 0 Å². The number of nitrogens with one attached hydrogen (secondary N) is 1. The van der Waals surface area contributed by atoms with Gasteiger partial charge in [0.1, 0.15) is 0 Å². The SMILES string of the molecule is CC(C)CCCNCC(C)(C)CCO. The van der Waals surface area contributed by atoms with Crippen molar-refractivity contribution in [1.29, 1.82) is 0 Å². The number of aliphatic hydroxyl groups excluding tert-OH is 1. The van der Waals surface area contributed by atoms with Crippen molar-refractivity contribution in [2.24, 2.45) is 11.3 Å². The topological polar surface area (TPSA) is 32.3 Å². The van der Waals surface area contributed by atoms with E-state index in [0.717, 1.165) is 25.4 Å². The zero-order valence-corrected chi connectivity index (χ0v) is 10.3. The van der Waals surface area contributed by atoms with Gasteiger partial charge in [0.05, 0.1) is 0 Å². The second-order valence-electron chi connectivity index (χ2n) is 5.35.